The van der Waals surface area contributed by atoms with E-state index >= 15 is 0 Å². The number of benzene rings is 4. The average Bonchev–Trinajstić information content (AvgIpc) is 4.39. The lowest BCUT2D eigenvalue weighted by Gasteiger charge is -1.99. The van der Waals surface area contributed by atoms with Crippen molar-refractivity contribution < 1.29 is 0 Å². The molecule has 0 radical (unpaired) electrons. The molecule has 0 saturated carbocycles. The van der Waals surface area contributed by atoms with E-state index in [1.165, 1.54) is 89.5 Å². The van der Waals surface area contributed by atoms with Crippen LogP contribution in [0.5, 0.6) is 0 Å². The van der Waals surface area contributed by atoms with Crippen molar-refractivity contribution in [2.24, 2.45) is 0 Å². The molecule has 0 unspecified atom stereocenters. The number of allylic oxidation sites excluding steroid dienone is 20. The van der Waals surface area contributed by atoms with Crippen LogP contribution in [0.2, 0.25) is 0 Å². The molecule has 0 amide bonds. The summed E-state index contributed by atoms with van der Waals surface area (Å²) >= 11 is 0. The highest BCUT2D eigenvalue weighted by molar-refractivity contribution is 5.70. The highest BCUT2D eigenvalue weighted by Crippen LogP contribution is 2.30. The summed E-state index contributed by atoms with van der Waals surface area (Å²) in [6.07, 6.45) is 43.3. The van der Waals surface area contributed by atoms with Crippen LogP contribution in [0.1, 0.15) is 214 Å². The average molecular weight is 1000 g/mol. The molecule has 0 aromatic heterocycles. The Morgan fingerprint density at radius 1 is 0.230 bits per heavy atom. The number of hydrogen-bond donors (Lipinski definition) is 0. The fraction of sp³-hybridized carbons (Fsp3) is 0.405. The largest absolute Gasteiger partial charge is 0.0810 e. The van der Waals surface area contributed by atoms with Crippen molar-refractivity contribution in [2.75, 3.05) is 0 Å². The van der Waals surface area contributed by atoms with Crippen LogP contribution in [0, 0.1) is 0 Å². The molecule has 0 bridgehead atoms. The molecule has 0 saturated heterocycles. The molecule has 410 valence electrons. The maximum Gasteiger partial charge on any atom is -0.00884 e. The van der Waals surface area contributed by atoms with Gasteiger partial charge in [0.05, 0.1) is 0 Å². The van der Waals surface area contributed by atoms with Crippen LogP contribution in [0.3, 0.4) is 0 Å². The lowest BCUT2D eigenvalue weighted by atomic mass is 10.1. The zero-order valence-corrected chi connectivity index (χ0v) is 51.7. The first-order valence-corrected chi connectivity index (χ1v) is 29.9. The molecular formula is C74H114. The van der Waals surface area contributed by atoms with Gasteiger partial charge in [-0.15, -0.1) is 0 Å². The standard InChI is InChI=1S/C12H10.C11H12.C11H10.C10H12.C10H10.10C2H6/c1-3-7-11(8-4-1)12-9-5-2-6-10-12;2*1-2-6-10(7-3-1)11-8-4-5-9-11;2*1-2-6-9(5-1)10-7-3-4-8-10;10*1-2/h1-10H;1-3,6-8H,4-5,9H2;1-8H,9H2;1-2,5,7H,3-4,6,8H2;1-5,7H,6,8H2;10*1-2H3. The minimum absolute atomic E-state index is 1.09. The van der Waals surface area contributed by atoms with E-state index in [2.05, 4.69) is 188 Å². The molecule has 4 aromatic rings. The molecule has 0 nitrogen and oxygen atoms in total. The van der Waals surface area contributed by atoms with Crippen LogP contribution in [0.15, 0.2) is 229 Å². The Labute approximate surface area is 462 Å². The van der Waals surface area contributed by atoms with Gasteiger partial charge in [0.1, 0.15) is 0 Å². The van der Waals surface area contributed by atoms with Gasteiger partial charge in [-0.05, 0) is 120 Å². The summed E-state index contributed by atoms with van der Waals surface area (Å²) in [5, 5.41) is 0. The molecule has 0 fully saturated rings. The Morgan fingerprint density at radius 3 is 0.703 bits per heavy atom. The summed E-state index contributed by atoms with van der Waals surface area (Å²) in [4.78, 5) is 0. The van der Waals surface area contributed by atoms with E-state index in [9.17, 15) is 0 Å². The monoisotopic (exact) mass is 1000 g/mol. The zero-order valence-electron chi connectivity index (χ0n) is 51.7. The predicted octanol–water partition coefficient (Wildman–Crippen LogP) is 25.6. The van der Waals surface area contributed by atoms with E-state index < -0.39 is 0 Å². The molecule has 0 aliphatic heterocycles. The first kappa shape index (κ1) is 77.2. The molecule has 10 rings (SSSR count). The van der Waals surface area contributed by atoms with Gasteiger partial charge in [-0.3, -0.25) is 0 Å². The van der Waals surface area contributed by atoms with Crippen LogP contribution in [0.4, 0.5) is 0 Å². The maximum absolute atomic E-state index is 2.39. The number of hydrogen-bond acceptors (Lipinski definition) is 0. The molecule has 0 heteroatoms. The quantitative estimate of drug-likeness (QED) is 0.187. The third kappa shape index (κ3) is 36.2. The van der Waals surface area contributed by atoms with Crippen LogP contribution >= 0.6 is 0 Å². The van der Waals surface area contributed by atoms with E-state index in [1.807, 2.05) is 157 Å². The van der Waals surface area contributed by atoms with Crippen molar-refractivity contribution in [3.63, 3.8) is 0 Å². The van der Waals surface area contributed by atoms with E-state index in [-0.39, 0.29) is 0 Å². The first-order valence-electron chi connectivity index (χ1n) is 29.9. The van der Waals surface area contributed by atoms with E-state index in [4.69, 9.17) is 0 Å². The minimum Gasteiger partial charge on any atom is -0.0810 e. The van der Waals surface area contributed by atoms with Crippen molar-refractivity contribution >= 4 is 11.1 Å². The Hall–Kier alpha value is -5.72. The Balaban J connectivity index is -0.000000247. The van der Waals surface area contributed by atoms with Crippen molar-refractivity contribution in [3.05, 3.63) is 240 Å². The van der Waals surface area contributed by atoms with E-state index in [0.717, 1.165) is 19.3 Å². The normalized spacial score (nSPS) is 13.1. The minimum atomic E-state index is 1.09. The highest BCUT2D eigenvalue weighted by Gasteiger charge is 2.10. The summed E-state index contributed by atoms with van der Waals surface area (Å²) in [6.45, 7) is 40.0. The fourth-order valence-electron chi connectivity index (χ4n) is 7.18. The smallest absolute Gasteiger partial charge is 0.00884 e. The van der Waals surface area contributed by atoms with Gasteiger partial charge in [-0.25, -0.2) is 0 Å². The van der Waals surface area contributed by atoms with Crippen molar-refractivity contribution in [2.45, 2.75) is 203 Å². The van der Waals surface area contributed by atoms with Gasteiger partial charge < -0.3 is 0 Å². The summed E-state index contributed by atoms with van der Waals surface area (Å²) in [7, 11) is 0. The van der Waals surface area contributed by atoms with Crippen LogP contribution < -0.4 is 0 Å². The molecule has 6 aliphatic carbocycles. The molecule has 0 N–H and O–H groups in total. The van der Waals surface area contributed by atoms with Gasteiger partial charge >= 0.3 is 0 Å². The Bertz CT molecular complexity index is 1910. The third-order valence-electron chi connectivity index (χ3n) is 10.2. The Morgan fingerprint density at radius 2 is 0.459 bits per heavy atom. The van der Waals surface area contributed by atoms with Crippen molar-refractivity contribution in [3.8, 4) is 11.1 Å². The second-order valence-electron chi connectivity index (χ2n) is 14.0. The first-order chi connectivity index (χ1) is 36.8. The topological polar surface area (TPSA) is 0 Å². The van der Waals surface area contributed by atoms with Crippen molar-refractivity contribution in [1.82, 2.24) is 0 Å². The fourth-order valence-corrected chi connectivity index (χ4v) is 7.18. The molecule has 0 spiro atoms. The maximum atomic E-state index is 2.39. The molecule has 74 heavy (non-hydrogen) atoms. The summed E-state index contributed by atoms with van der Waals surface area (Å²) in [5.74, 6) is 0. The highest BCUT2D eigenvalue weighted by atomic mass is 14.2. The lowest BCUT2D eigenvalue weighted by molar-refractivity contribution is 0.906. The Kier molecular flexibility index (Phi) is 66.1. The second-order valence-corrected chi connectivity index (χ2v) is 14.0. The van der Waals surface area contributed by atoms with Gasteiger partial charge in [0.15, 0.2) is 0 Å². The van der Waals surface area contributed by atoms with Gasteiger partial charge in [-0.1, -0.05) is 345 Å². The van der Waals surface area contributed by atoms with Gasteiger partial charge in [0.2, 0.25) is 0 Å². The second kappa shape index (κ2) is 63.4. The van der Waals surface area contributed by atoms with Crippen LogP contribution in [-0.4, -0.2) is 0 Å². The SMILES string of the molecule is C1=C(c2ccccc2)CCC1.C1=CCC(C2=CC=CC2)=C1.C1=CCC(C2=CCCC2)=C1.C1=CCC(c2ccccc2)=C1.CC.CC.CC.CC.CC.CC.CC.CC.CC.CC.c1ccc(-c2ccccc2)cc1. The van der Waals surface area contributed by atoms with Crippen LogP contribution in [-0.2, 0) is 0 Å². The summed E-state index contributed by atoms with van der Waals surface area (Å²) < 4.78 is 0. The summed E-state index contributed by atoms with van der Waals surface area (Å²) in [6, 6.07) is 42.0. The summed E-state index contributed by atoms with van der Waals surface area (Å²) in [5.41, 5.74) is 14.4. The molecule has 6 aliphatic rings. The molecule has 0 atom stereocenters. The van der Waals surface area contributed by atoms with Gasteiger partial charge in [0.25, 0.3) is 0 Å². The van der Waals surface area contributed by atoms with Crippen molar-refractivity contribution in [1.29, 1.82) is 0 Å². The molecule has 4 aromatic carbocycles. The van der Waals surface area contributed by atoms with E-state index in [0.29, 0.717) is 0 Å². The third-order valence-corrected chi connectivity index (χ3v) is 10.2. The predicted molar refractivity (Wildman–Crippen MR) is 349 cm³/mol. The van der Waals surface area contributed by atoms with E-state index in [1.54, 1.807) is 11.1 Å². The van der Waals surface area contributed by atoms with Crippen LogP contribution in [0.25, 0.3) is 22.3 Å². The molecular weight excluding hydrogens is 889 g/mol. The van der Waals surface area contributed by atoms with Gasteiger partial charge in [-0.2, -0.15) is 0 Å². The van der Waals surface area contributed by atoms with Gasteiger partial charge in [0, 0.05) is 0 Å². The zero-order chi connectivity index (χ0) is 56.9. The lowest BCUT2D eigenvalue weighted by Crippen LogP contribution is -1.80. The molecule has 0 heterocycles. The number of rotatable bonds is 5.